The second kappa shape index (κ2) is 7.03. The lowest BCUT2D eigenvalue weighted by atomic mass is 9.97. The molecular weight excluding hydrogens is 368 g/mol. The van der Waals surface area contributed by atoms with E-state index in [1.54, 1.807) is 29.2 Å². The molecule has 0 aromatic heterocycles. The summed E-state index contributed by atoms with van der Waals surface area (Å²) in [5.74, 6) is 0.0687. The maximum atomic E-state index is 12.9. The maximum absolute atomic E-state index is 12.9. The normalized spacial score (nSPS) is 23.4. The lowest BCUT2D eigenvalue weighted by Gasteiger charge is -2.26. The average Bonchev–Trinajstić information content (AvgIpc) is 3.46. The summed E-state index contributed by atoms with van der Waals surface area (Å²) in [5, 5.41) is 0. The molecule has 1 saturated carbocycles. The van der Waals surface area contributed by atoms with Crippen LogP contribution >= 0.6 is 0 Å². The van der Waals surface area contributed by atoms with E-state index < -0.39 is 6.09 Å². The molecule has 2 fully saturated rings. The highest BCUT2D eigenvalue weighted by molar-refractivity contribution is 6.21. The van der Waals surface area contributed by atoms with E-state index in [0.717, 1.165) is 18.4 Å². The molecule has 3 amide bonds. The Kier molecular flexibility index (Phi) is 4.34. The van der Waals surface area contributed by atoms with Gasteiger partial charge in [0.15, 0.2) is 0 Å². The number of hydrogen-bond donors (Lipinski definition) is 0. The van der Waals surface area contributed by atoms with Gasteiger partial charge in [-0.25, -0.2) is 4.79 Å². The minimum Gasteiger partial charge on any atom is -0.445 e. The van der Waals surface area contributed by atoms with Crippen LogP contribution in [0.1, 0.15) is 39.1 Å². The molecule has 0 N–H and O–H groups in total. The van der Waals surface area contributed by atoms with E-state index >= 15 is 0 Å². The molecule has 6 nitrogen and oxygen atoms in total. The van der Waals surface area contributed by atoms with Crippen molar-refractivity contribution in [3.05, 3.63) is 71.3 Å². The van der Waals surface area contributed by atoms with Crippen molar-refractivity contribution in [2.24, 2.45) is 11.8 Å². The van der Waals surface area contributed by atoms with Gasteiger partial charge in [-0.2, -0.15) is 0 Å². The van der Waals surface area contributed by atoms with Gasteiger partial charge in [-0.05, 0) is 36.5 Å². The number of benzene rings is 2. The van der Waals surface area contributed by atoms with Gasteiger partial charge >= 0.3 is 6.09 Å². The predicted molar refractivity (Wildman–Crippen MR) is 105 cm³/mol. The fourth-order valence-corrected chi connectivity index (χ4v) is 4.54. The van der Waals surface area contributed by atoms with Gasteiger partial charge < -0.3 is 9.64 Å². The topological polar surface area (TPSA) is 66.9 Å². The highest BCUT2D eigenvalue weighted by Gasteiger charge is 2.51. The second-order valence-corrected chi connectivity index (χ2v) is 8.04. The number of fused-ring (bicyclic) bond motifs is 1. The number of carbonyl (C=O) groups is 3. The van der Waals surface area contributed by atoms with E-state index in [4.69, 9.17) is 4.74 Å². The molecule has 0 radical (unpaired) electrons. The van der Waals surface area contributed by atoms with E-state index in [1.165, 1.54) is 4.90 Å². The van der Waals surface area contributed by atoms with Crippen molar-refractivity contribution >= 4 is 17.9 Å². The molecule has 6 heteroatoms. The smallest absolute Gasteiger partial charge is 0.410 e. The van der Waals surface area contributed by atoms with Crippen LogP contribution in [-0.2, 0) is 11.3 Å². The highest BCUT2D eigenvalue weighted by Crippen LogP contribution is 2.44. The number of imide groups is 1. The fourth-order valence-electron chi connectivity index (χ4n) is 4.54. The van der Waals surface area contributed by atoms with Crippen molar-refractivity contribution in [1.82, 2.24) is 9.80 Å². The van der Waals surface area contributed by atoms with Crippen LogP contribution in [0.5, 0.6) is 0 Å². The van der Waals surface area contributed by atoms with Gasteiger partial charge in [-0.3, -0.25) is 14.5 Å². The van der Waals surface area contributed by atoms with Gasteiger partial charge in [0.25, 0.3) is 11.8 Å². The molecule has 2 aliphatic heterocycles. The summed E-state index contributed by atoms with van der Waals surface area (Å²) >= 11 is 0. The zero-order valence-electron chi connectivity index (χ0n) is 16.0. The third-order valence-electron chi connectivity index (χ3n) is 6.18. The van der Waals surface area contributed by atoms with Crippen molar-refractivity contribution in [3.63, 3.8) is 0 Å². The number of rotatable bonds is 4. The van der Waals surface area contributed by atoms with Crippen molar-refractivity contribution in [3.8, 4) is 0 Å². The van der Waals surface area contributed by atoms with Crippen LogP contribution in [0, 0.1) is 11.8 Å². The van der Waals surface area contributed by atoms with Gasteiger partial charge in [0.2, 0.25) is 0 Å². The highest BCUT2D eigenvalue weighted by atomic mass is 16.6. The average molecular weight is 390 g/mol. The van der Waals surface area contributed by atoms with Crippen LogP contribution < -0.4 is 0 Å². The van der Waals surface area contributed by atoms with Gasteiger partial charge in [0.05, 0.1) is 17.2 Å². The van der Waals surface area contributed by atoms with Gasteiger partial charge in [0, 0.05) is 19.0 Å². The maximum Gasteiger partial charge on any atom is 0.410 e. The zero-order chi connectivity index (χ0) is 20.0. The molecule has 2 aromatic rings. The van der Waals surface area contributed by atoms with E-state index in [2.05, 4.69) is 0 Å². The summed E-state index contributed by atoms with van der Waals surface area (Å²) in [6.45, 7) is 1.07. The van der Waals surface area contributed by atoms with Crippen LogP contribution in [-0.4, -0.2) is 46.8 Å². The summed E-state index contributed by atoms with van der Waals surface area (Å²) < 4.78 is 5.49. The largest absolute Gasteiger partial charge is 0.445 e. The molecule has 0 bridgehead atoms. The molecule has 3 aliphatic rings. The summed E-state index contributed by atoms with van der Waals surface area (Å²) in [4.78, 5) is 41.6. The Bertz CT molecular complexity index is 935. The minimum atomic E-state index is -0.390. The minimum absolute atomic E-state index is 0.112. The number of nitrogens with zero attached hydrogens (tertiary/aromatic N) is 2. The van der Waals surface area contributed by atoms with E-state index in [-0.39, 0.29) is 30.4 Å². The fraction of sp³-hybridized carbons (Fsp3) is 0.348. The Morgan fingerprint density at radius 2 is 1.52 bits per heavy atom. The molecule has 2 heterocycles. The quantitative estimate of drug-likeness (QED) is 0.751. The first-order chi connectivity index (χ1) is 14.1. The van der Waals surface area contributed by atoms with Gasteiger partial charge in [-0.1, -0.05) is 42.5 Å². The monoisotopic (exact) mass is 390 g/mol. The lowest BCUT2D eigenvalue weighted by Crippen LogP contribution is -2.45. The Labute approximate surface area is 169 Å². The van der Waals surface area contributed by atoms with Crippen LogP contribution in [0.15, 0.2) is 54.6 Å². The van der Waals surface area contributed by atoms with Gasteiger partial charge in [-0.15, -0.1) is 0 Å². The third-order valence-corrected chi connectivity index (χ3v) is 6.18. The summed E-state index contributed by atoms with van der Waals surface area (Å²) in [5.41, 5.74) is 1.84. The van der Waals surface area contributed by atoms with E-state index in [1.807, 2.05) is 30.3 Å². The number of ether oxygens (including phenoxy) is 1. The molecule has 0 unspecified atom stereocenters. The summed E-state index contributed by atoms with van der Waals surface area (Å²) in [6, 6.07) is 16.2. The van der Waals surface area contributed by atoms with E-state index in [0.29, 0.717) is 30.1 Å². The third kappa shape index (κ3) is 3.18. The SMILES string of the molecule is O=C(OCc1ccccc1)N1C[C@@H](C2CC2)[C@@H](N2C(=O)c3ccccc3C2=O)C1. The number of carbonyl (C=O) groups excluding carboxylic acids is 3. The van der Waals surface area contributed by atoms with Crippen LogP contribution in [0.2, 0.25) is 0 Å². The molecule has 148 valence electrons. The number of likely N-dealkylation sites (tertiary alicyclic amines) is 1. The Hall–Kier alpha value is -3.15. The first-order valence-electron chi connectivity index (χ1n) is 10.1. The first kappa shape index (κ1) is 17.9. The number of amides is 3. The van der Waals surface area contributed by atoms with E-state index in [9.17, 15) is 14.4 Å². The van der Waals surface area contributed by atoms with Crippen molar-refractivity contribution in [2.45, 2.75) is 25.5 Å². The molecule has 2 aromatic carbocycles. The Balaban J connectivity index is 1.32. The molecule has 1 saturated heterocycles. The zero-order valence-corrected chi connectivity index (χ0v) is 16.0. The molecule has 2 atom stereocenters. The Morgan fingerprint density at radius 1 is 0.897 bits per heavy atom. The van der Waals surface area contributed by atoms with Crippen LogP contribution in [0.3, 0.4) is 0 Å². The molecule has 1 aliphatic carbocycles. The predicted octanol–water partition coefficient (Wildman–Crippen LogP) is 3.33. The van der Waals surface area contributed by atoms with Crippen molar-refractivity contribution < 1.29 is 19.1 Å². The van der Waals surface area contributed by atoms with Crippen molar-refractivity contribution in [2.75, 3.05) is 13.1 Å². The standard InChI is InChI=1S/C23H22N2O4/c26-21-17-8-4-5-9-18(17)22(27)25(21)20-13-24(12-19(20)16-10-11-16)23(28)29-14-15-6-2-1-3-7-15/h1-9,16,19-20H,10-14H2/t19-,20-/m0/s1. The summed E-state index contributed by atoms with van der Waals surface area (Å²) in [6.07, 6.45) is 1.77. The molecule has 0 spiro atoms. The first-order valence-corrected chi connectivity index (χ1v) is 10.1. The van der Waals surface area contributed by atoms with Crippen molar-refractivity contribution in [1.29, 1.82) is 0 Å². The van der Waals surface area contributed by atoms with Gasteiger partial charge in [0.1, 0.15) is 6.61 Å². The Morgan fingerprint density at radius 3 is 2.14 bits per heavy atom. The van der Waals surface area contributed by atoms with Crippen LogP contribution in [0.25, 0.3) is 0 Å². The van der Waals surface area contributed by atoms with Crippen LogP contribution in [0.4, 0.5) is 4.79 Å². The summed E-state index contributed by atoms with van der Waals surface area (Å²) in [7, 11) is 0. The molecule has 5 rings (SSSR count). The molecule has 29 heavy (non-hydrogen) atoms. The second-order valence-electron chi connectivity index (χ2n) is 8.04. The number of hydrogen-bond acceptors (Lipinski definition) is 4. The molecular formula is C23H22N2O4. The lowest BCUT2D eigenvalue weighted by molar-refractivity contribution is 0.0544.